The Morgan fingerprint density at radius 3 is 2.53 bits per heavy atom. The SMILES string of the molecule is Cc1ccc(OC(CN)c2ccccc2)cn1. The predicted molar refractivity (Wildman–Crippen MR) is 67.8 cm³/mol. The molecule has 1 aromatic heterocycles. The van der Waals surface area contributed by atoms with Crippen molar-refractivity contribution in [2.24, 2.45) is 5.73 Å². The summed E-state index contributed by atoms with van der Waals surface area (Å²) in [4.78, 5) is 4.19. The average Bonchev–Trinajstić information content (AvgIpc) is 2.39. The molecule has 0 radical (unpaired) electrons. The Labute approximate surface area is 101 Å². The fourth-order valence-corrected chi connectivity index (χ4v) is 1.61. The molecule has 0 aliphatic carbocycles. The van der Waals surface area contributed by atoms with Gasteiger partial charge in [-0.25, -0.2) is 0 Å². The van der Waals surface area contributed by atoms with Gasteiger partial charge in [-0.2, -0.15) is 0 Å². The molecule has 3 nitrogen and oxygen atoms in total. The Morgan fingerprint density at radius 2 is 1.94 bits per heavy atom. The third-order valence-corrected chi connectivity index (χ3v) is 2.55. The number of nitrogens with two attached hydrogens (primary N) is 1. The third-order valence-electron chi connectivity index (χ3n) is 2.55. The molecule has 2 rings (SSSR count). The van der Waals surface area contributed by atoms with Gasteiger partial charge in [0.15, 0.2) is 0 Å². The normalized spacial score (nSPS) is 12.1. The smallest absolute Gasteiger partial charge is 0.138 e. The summed E-state index contributed by atoms with van der Waals surface area (Å²) in [6.07, 6.45) is 1.60. The highest BCUT2D eigenvalue weighted by atomic mass is 16.5. The van der Waals surface area contributed by atoms with Crippen molar-refractivity contribution >= 4 is 0 Å². The van der Waals surface area contributed by atoms with Crippen LogP contribution in [0.1, 0.15) is 17.4 Å². The topological polar surface area (TPSA) is 48.1 Å². The number of benzene rings is 1. The van der Waals surface area contributed by atoms with E-state index in [0.29, 0.717) is 6.54 Å². The molecule has 0 aliphatic rings. The molecule has 1 aromatic carbocycles. The van der Waals surface area contributed by atoms with Crippen molar-refractivity contribution in [3.63, 3.8) is 0 Å². The van der Waals surface area contributed by atoms with Crippen molar-refractivity contribution in [2.75, 3.05) is 6.54 Å². The van der Waals surface area contributed by atoms with E-state index in [-0.39, 0.29) is 6.10 Å². The number of nitrogens with zero attached hydrogens (tertiary/aromatic N) is 1. The lowest BCUT2D eigenvalue weighted by molar-refractivity contribution is 0.213. The zero-order chi connectivity index (χ0) is 12.1. The highest BCUT2D eigenvalue weighted by Crippen LogP contribution is 2.20. The fourth-order valence-electron chi connectivity index (χ4n) is 1.61. The van der Waals surface area contributed by atoms with E-state index in [0.717, 1.165) is 17.0 Å². The summed E-state index contributed by atoms with van der Waals surface area (Å²) in [5, 5.41) is 0. The lowest BCUT2D eigenvalue weighted by Crippen LogP contribution is -2.18. The van der Waals surface area contributed by atoms with Crippen LogP contribution < -0.4 is 10.5 Å². The summed E-state index contributed by atoms with van der Waals surface area (Å²) in [5.74, 6) is 0.745. The molecule has 0 saturated heterocycles. The summed E-state index contributed by atoms with van der Waals surface area (Å²) in [5.41, 5.74) is 7.79. The van der Waals surface area contributed by atoms with E-state index in [1.165, 1.54) is 0 Å². The molecular weight excluding hydrogens is 212 g/mol. The Hall–Kier alpha value is -1.87. The van der Waals surface area contributed by atoms with Gasteiger partial charge >= 0.3 is 0 Å². The van der Waals surface area contributed by atoms with E-state index in [4.69, 9.17) is 10.5 Å². The number of aryl methyl sites for hydroxylation is 1. The minimum Gasteiger partial charge on any atom is -0.483 e. The second kappa shape index (κ2) is 5.46. The summed E-state index contributed by atoms with van der Waals surface area (Å²) < 4.78 is 5.82. The first-order valence-electron chi connectivity index (χ1n) is 5.64. The first kappa shape index (κ1) is 11.6. The van der Waals surface area contributed by atoms with Crippen LogP contribution >= 0.6 is 0 Å². The maximum Gasteiger partial charge on any atom is 0.138 e. The monoisotopic (exact) mass is 228 g/mol. The molecule has 0 amide bonds. The van der Waals surface area contributed by atoms with E-state index in [1.807, 2.05) is 49.4 Å². The minimum atomic E-state index is -0.124. The molecule has 1 heterocycles. The Morgan fingerprint density at radius 1 is 1.18 bits per heavy atom. The molecule has 0 fully saturated rings. The van der Waals surface area contributed by atoms with Gasteiger partial charge in [0.2, 0.25) is 0 Å². The zero-order valence-electron chi connectivity index (χ0n) is 9.84. The lowest BCUT2D eigenvalue weighted by Gasteiger charge is -2.17. The number of pyridine rings is 1. The number of hydrogen-bond donors (Lipinski definition) is 1. The van der Waals surface area contributed by atoms with E-state index >= 15 is 0 Å². The lowest BCUT2D eigenvalue weighted by atomic mass is 10.1. The molecule has 1 unspecified atom stereocenters. The standard InChI is InChI=1S/C14H16N2O/c1-11-7-8-13(10-16-11)17-14(9-15)12-5-3-2-4-6-12/h2-8,10,14H,9,15H2,1H3. The molecule has 1 atom stereocenters. The summed E-state index contributed by atoms with van der Waals surface area (Å²) in [6.45, 7) is 2.39. The Kier molecular flexibility index (Phi) is 3.73. The fraction of sp³-hybridized carbons (Fsp3) is 0.214. The second-order valence-electron chi connectivity index (χ2n) is 3.89. The maximum atomic E-state index is 5.82. The Balaban J connectivity index is 2.13. The number of ether oxygens (including phenoxy) is 1. The maximum absolute atomic E-state index is 5.82. The van der Waals surface area contributed by atoms with Crippen LogP contribution in [-0.2, 0) is 0 Å². The highest BCUT2D eigenvalue weighted by Gasteiger charge is 2.10. The molecule has 88 valence electrons. The molecule has 0 bridgehead atoms. The van der Waals surface area contributed by atoms with Gasteiger partial charge in [-0.1, -0.05) is 30.3 Å². The quantitative estimate of drug-likeness (QED) is 0.874. The first-order chi connectivity index (χ1) is 8.29. The van der Waals surface area contributed by atoms with Crippen LogP contribution in [0.15, 0.2) is 48.7 Å². The van der Waals surface area contributed by atoms with Crippen LogP contribution in [0.5, 0.6) is 5.75 Å². The summed E-state index contributed by atoms with van der Waals surface area (Å²) >= 11 is 0. The van der Waals surface area contributed by atoms with E-state index in [1.54, 1.807) is 6.20 Å². The van der Waals surface area contributed by atoms with Crippen molar-refractivity contribution in [3.8, 4) is 5.75 Å². The number of aromatic nitrogens is 1. The molecule has 0 spiro atoms. The average molecular weight is 228 g/mol. The summed E-state index contributed by atoms with van der Waals surface area (Å²) in [7, 11) is 0. The van der Waals surface area contributed by atoms with Crippen LogP contribution in [0.2, 0.25) is 0 Å². The van der Waals surface area contributed by atoms with Crippen molar-refractivity contribution in [3.05, 3.63) is 59.9 Å². The molecular formula is C14H16N2O. The van der Waals surface area contributed by atoms with Gasteiger partial charge in [0.1, 0.15) is 11.9 Å². The van der Waals surface area contributed by atoms with Gasteiger partial charge in [0, 0.05) is 12.2 Å². The van der Waals surface area contributed by atoms with Crippen LogP contribution in [0.3, 0.4) is 0 Å². The van der Waals surface area contributed by atoms with Gasteiger partial charge in [0.05, 0.1) is 6.20 Å². The summed E-state index contributed by atoms with van der Waals surface area (Å²) in [6, 6.07) is 13.8. The van der Waals surface area contributed by atoms with Crippen molar-refractivity contribution in [1.82, 2.24) is 4.98 Å². The largest absolute Gasteiger partial charge is 0.483 e. The minimum absolute atomic E-state index is 0.124. The van der Waals surface area contributed by atoms with Crippen LogP contribution in [0.25, 0.3) is 0 Å². The van der Waals surface area contributed by atoms with Gasteiger partial charge in [0.25, 0.3) is 0 Å². The van der Waals surface area contributed by atoms with Gasteiger partial charge < -0.3 is 10.5 Å². The second-order valence-corrected chi connectivity index (χ2v) is 3.89. The van der Waals surface area contributed by atoms with E-state index in [9.17, 15) is 0 Å². The van der Waals surface area contributed by atoms with Gasteiger partial charge in [-0.15, -0.1) is 0 Å². The number of hydrogen-bond acceptors (Lipinski definition) is 3. The zero-order valence-corrected chi connectivity index (χ0v) is 9.84. The first-order valence-corrected chi connectivity index (χ1v) is 5.64. The molecule has 0 saturated carbocycles. The molecule has 2 aromatic rings. The highest BCUT2D eigenvalue weighted by molar-refractivity contribution is 5.23. The van der Waals surface area contributed by atoms with Crippen molar-refractivity contribution < 1.29 is 4.74 Å². The Bertz CT molecular complexity index is 453. The van der Waals surface area contributed by atoms with E-state index in [2.05, 4.69) is 4.98 Å². The molecule has 17 heavy (non-hydrogen) atoms. The van der Waals surface area contributed by atoms with E-state index < -0.39 is 0 Å². The third kappa shape index (κ3) is 3.04. The van der Waals surface area contributed by atoms with Gasteiger partial charge in [-0.05, 0) is 24.6 Å². The van der Waals surface area contributed by atoms with Crippen molar-refractivity contribution in [2.45, 2.75) is 13.0 Å². The van der Waals surface area contributed by atoms with Crippen LogP contribution in [-0.4, -0.2) is 11.5 Å². The predicted octanol–water partition coefficient (Wildman–Crippen LogP) is 2.47. The number of rotatable bonds is 4. The van der Waals surface area contributed by atoms with Crippen molar-refractivity contribution in [1.29, 1.82) is 0 Å². The molecule has 2 N–H and O–H groups in total. The molecule has 0 aliphatic heterocycles. The van der Waals surface area contributed by atoms with Crippen LogP contribution in [0.4, 0.5) is 0 Å². The van der Waals surface area contributed by atoms with Gasteiger partial charge in [-0.3, -0.25) is 4.98 Å². The van der Waals surface area contributed by atoms with Crippen LogP contribution in [0, 0.1) is 6.92 Å². The molecule has 3 heteroatoms.